The summed E-state index contributed by atoms with van der Waals surface area (Å²) in [5.41, 5.74) is 0. The zero-order valence-corrected chi connectivity index (χ0v) is 7.23. The van der Waals surface area contributed by atoms with Gasteiger partial charge in [-0.05, 0) is 6.42 Å². The van der Waals surface area contributed by atoms with Crippen molar-refractivity contribution in [1.82, 2.24) is 9.78 Å². The molecule has 0 amide bonds. The highest BCUT2D eigenvalue weighted by Gasteiger charge is 1.96. The van der Waals surface area contributed by atoms with Gasteiger partial charge in [0.2, 0.25) is 0 Å². The Bertz CT molecular complexity index is 223. The molecule has 0 saturated carbocycles. The lowest BCUT2D eigenvalue weighted by Crippen LogP contribution is -2.00. The Morgan fingerprint density at radius 1 is 1.67 bits per heavy atom. The molecule has 1 rings (SSSR count). The number of aromatic nitrogens is 2. The molecule has 0 spiro atoms. The zero-order valence-electron chi connectivity index (χ0n) is 7.23. The van der Waals surface area contributed by atoms with Crippen LogP contribution < -0.4 is 4.74 Å². The molecule has 0 saturated heterocycles. The molecule has 4 heteroatoms. The molecule has 1 aromatic heterocycles. The topological polar surface area (TPSA) is 47.3 Å². The molecule has 12 heavy (non-hydrogen) atoms. The number of aliphatic hydroxyl groups is 1. The molecule has 0 unspecified atom stereocenters. The van der Waals surface area contributed by atoms with Crippen LogP contribution in [0, 0.1) is 0 Å². The van der Waals surface area contributed by atoms with Crippen LogP contribution in [0.2, 0.25) is 0 Å². The molecule has 0 aromatic carbocycles. The molecule has 0 aliphatic heterocycles. The number of aryl methyl sites for hydroxylation is 1. The summed E-state index contributed by atoms with van der Waals surface area (Å²) in [7, 11) is 0. The number of aliphatic hydroxyl groups excluding tert-OH is 1. The van der Waals surface area contributed by atoms with Gasteiger partial charge in [-0.2, -0.15) is 5.10 Å². The van der Waals surface area contributed by atoms with Gasteiger partial charge in [0.05, 0.1) is 19.0 Å². The van der Waals surface area contributed by atoms with Crippen molar-refractivity contribution in [2.75, 3.05) is 13.2 Å². The maximum Gasteiger partial charge on any atom is 0.157 e. The van der Waals surface area contributed by atoms with E-state index in [0.717, 1.165) is 18.7 Å². The van der Waals surface area contributed by atoms with Crippen LogP contribution in [0.1, 0.15) is 13.3 Å². The van der Waals surface area contributed by atoms with Crippen molar-refractivity contribution in [3.05, 3.63) is 12.4 Å². The van der Waals surface area contributed by atoms with E-state index in [2.05, 4.69) is 12.0 Å². The Morgan fingerprint density at radius 3 is 3.17 bits per heavy atom. The van der Waals surface area contributed by atoms with Crippen molar-refractivity contribution in [2.45, 2.75) is 19.9 Å². The molecular formula is C8H14N2O2. The van der Waals surface area contributed by atoms with Gasteiger partial charge in [-0.3, -0.25) is 4.68 Å². The smallest absolute Gasteiger partial charge is 0.157 e. The number of nitrogens with zero attached hydrogens (tertiary/aromatic N) is 2. The Kier molecular flexibility index (Phi) is 3.60. The van der Waals surface area contributed by atoms with Crippen LogP contribution in [0.25, 0.3) is 0 Å². The van der Waals surface area contributed by atoms with Gasteiger partial charge in [0, 0.05) is 6.54 Å². The first-order chi connectivity index (χ1) is 5.86. The van der Waals surface area contributed by atoms with Crippen molar-refractivity contribution in [2.24, 2.45) is 0 Å². The maximum absolute atomic E-state index is 8.49. The Labute approximate surface area is 71.8 Å². The van der Waals surface area contributed by atoms with Crippen LogP contribution in [-0.4, -0.2) is 28.1 Å². The predicted molar refractivity (Wildman–Crippen MR) is 45.1 cm³/mol. The van der Waals surface area contributed by atoms with Crippen LogP contribution in [0.15, 0.2) is 12.4 Å². The Balaban J connectivity index is 2.41. The van der Waals surface area contributed by atoms with Gasteiger partial charge < -0.3 is 9.84 Å². The quantitative estimate of drug-likeness (QED) is 0.706. The average molecular weight is 170 g/mol. The molecule has 0 aliphatic rings. The van der Waals surface area contributed by atoms with Crippen LogP contribution in [0.5, 0.6) is 5.75 Å². The van der Waals surface area contributed by atoms with Gasteiger partial charge in [-0.15, -0.1) is 0 Å². The second-order valence-corrected chi connectivity index (χ2v) is 2.51. The molecule has 0 bridgehead atoms. The first kappa shape index (κ1) is 9.06. The van der Waals surface area contributed by atoms with Crippen LogP contribution in [-0.2, 0) is 6.54 Å². The number of ether oxygens (including phenoxy) is 1. The lowest BCUT2D eigenvalue weighted by molar-refractivity contribution is 0.201. The molecule has 0 fully saturated rings. The van der Waals surface area contributed by atoms with Gasteiger partial charge >= 0.3 is 0 Å². The second-order valence-electron chi connectivity index (χ2n) is 2.51. The van der Waals surface area contributed by atoms with E-state index >= 15 is 0 Å². The highest BCUT2D eigenvalue weighted by atomic mass is 16.5. The third-order valence-corrected chi connectivity index (χ3v) is 1.42. The van der Waals surface area contributed by atoms with Crippen LogP contribution in [0.3, 0.4) is 0 Å². The molecule has 68 valence electrons. The summed E-state index contributed by atoms with van der Waals surface area (Å²) in [6.07, 6.45) is 4.55. The highest BCUT2D eigenvalue weighted by molar-refractivity contribution is 5.11. The van der Waals surface area contributed by atoms with Gasteiger partial charge in [0.15, 0.2) is 5.75 Å². The second kappa shape index (κ2) is 4.77. The Hall–Kier alpha value is -1.03. The van der Waals surface area contributed by atoms with Gasteiger partial charge in [-0.1, -0.05) is 6.92 Å². The summed E-state index contributed by atoms with van der Waals surface area (Å²) in [4.78, 5) is 0. The molecule has 0 aliphatic carbocycles. The van der Waals surface area contributed by atoms with Crippen molar-refractivity contribution in [1.29, 1.82) is 0 Å². The SMILES string of the molecule is CCCn1cc(OCCO)cn1. The highest BCUT2D eigenvalue weighted by Crippen LogP contribution is 2.07. The van der Waals surface area contributed by atoms with E-state index in [1.54, 1.807) is 6.20 Å². The normalized spacial score (nSPS) is 10.2. The Morgan fingerprint density at radius 2 is 2.50 bits per heavy atom. The molecule has 1 N–H and O–H groups in total. The van der Waals surface area contributed by atoms with E-state index in [-0.39, 0.29) is 6.61 Å². The lowest BCUT2D eigenvalue weighted by Gasteiger charge is -1.98. The number of hydrogen-bond donors (Lipinski definition) is 1. The largest absolute Gasteiger partial charge is 0.488 e. The summed E-state index contributed by atoms with van der Waals surface area (Å²) >= 11 is 0. The fourth-order valence-corrected chi connectivity index (χ4v) is 0.934. The van der Waals surface area contributed by atoms with Crippen molar-refractivity contribution in [3.63, 3.8) is 0 Å². The minimum Gasteiger partial charge on any atom is -0.488 e. The first-order valence-corrected chi connectivity index (χ1v) is 4.13. The van der Waals surface area contributed by atoms with Crippen molar-refractivity contribution in [3.8, 4) is 5.75 Å². The first-order valence-electron chi connectivity index (χ1n) is 4.13. The minimum absolute atomic E-state index is 0.0406. The summed E-state index contributed by atoms with van der Waals surface area (Å²) in [5, 5.41) is 12.6. The lowest BCUT2D eigenvalue weighted by atomic mass is 10.5. The fraction of sp³-hybridized carbons (Fsp3) is 0.625. The van der Waals surface area contributed by atoms with E-state index in [1.165, 1.54) is 0 Å². The van der Waals surface area contributed by atoms with E-state index in [4.69, 9.17) is 9.84 Å². The molecule has 4 nitrogen and oxygen atoms in total. The van der Waals surface area contributed by atoms with Gasteiger partial charge in [0.1, 0.15) is 6.61 Å². The van der Waals surface area contributed by atoms with Crippen molar-refractivity contribution < 1.29 is 9.84 Å². The van der Waals surface area contributed by atoms with E-state index < -0.39 is 0 Å². The number of rotatable bonds is 5. The van der Waals surface area contributed by atoms with Gasteiger partial charge in [-0.25, -0.2) is 0 Å². The summed E-state index contributed by atoms with van der Waals surface area (Å²) in [6.45, 7) is 3.37. The molecule has 0 radical (unpaired) electrons. The molecule has 1 aromatic rings. The zero-order chi connectivity index (χ0) is 8.81. The minimum atomic E-state index is 0.0406. The fourth-order valence-electron chi connectivity index (χ4n) is 0.934. The van der Waals surface area contributed by atoms with E-state index in [9.17, 15) is 0 Å². The molecule has 1 heterocycles. The van der Waals surface area contributed by atoms with Gasteiger partial charge in [0.25, 0.3) is 0 Å². The summed E-state index contributed by atoms with van der Waals surface area (Å²) < 4.78 is 6.97. The van der Waals surface area contributed by atoms with Crippen LogP contribution in [0.4, 0.5) is 0 Å². The molecular weight excluding hydrogens is 156 g/mol. The van der Waals surface area contributed by atoms with E-state index in [0.29, 0.717) is 6.61 Å². The van der Waals surface area contributed by atoms with Crippen molar-refractivity contribution >= 4 is 0 Å². The summed E-state index contributed by atoms with van der Waals surface area (Å²) in [5.74, 6) is 0.720. The third kappa shape index (κ3) is 2.54. The molecule has 0 atom stereocenters. The van der Waals surface area contributed by atoms with Crippen LogP contribution >= 0.6 is 0 Å². The maximum atomic E-state index is 8.49. The monoisotopic (exact) mass is 170 g/mol. The summed E-state index contributed by atoms with van der Waals surface area (Å²) in [6, 6.07) is 0. The third-order valence-electron chi connectivity index (χ3n) is 1.42. The van der Waals surface area contributed by atoms with E-state index in [1.807, 2.05) is 10.9 Å². The average Bonchev–Trinajstić information content (AvgIpc) is 2.50. The standard InChI is InChI=1S/C8H14N2O2/c1-2-3-10-7-8(6-9-10)12-5-4-11/h6-7,11H,2-5H2,1H3. The number of hydrogen-bond acceptors (Lipinski definition) is 3. The predicted octanol–water partition coefficient (Wildman–Crippen LogP) is 0.664.